The molecule has 4 aromatic rings. The van der Waals surface area contributed by atoms with Crippen molar-refractivity contribution in [3.8, 4) is 0 Å². The molecule has 7 nitrogen and oxygen atoms in total. The Balaban J connectivity index is 2.11. The van der Waals surface area contributed by atoms with Gasteiger partial charge in [-0.25, -0.2) is 9.97 Å². The zero-order valence-electron chi connectivity index (χ0n) is 13.3. The van der Waals surface area contributed by atoms with Crippen LogP contribution in [0.4, 0.5) is 0 Å². The molecule has 0 saturated heterocycles. The van der Waals surface area contributed by atoms with E-state index in [4.69, 9.17) is 5.73 Å². The molecule has 0 fully saturated rings. The van der Waals surface area contributed by atoms with Crippen LogP contribution in [-0.4, -0.2) is 31.2 Å². The van der Waals surface area contributed by atoms with Crippen molar-refractivity contribution in [1.29, 1.82) is 0 Å². The van der Waals surface area contributed by atoms with E-state index in [9.17, 15) is 4.79 Å². The van der Waals surface area contributed by atoms with Gasteiger partial charge in [0.25, 0.3) is 5.56 Å². The van der Waals surface area contributed by atoms with Crippen LogP contribution in [0, 0.1) is 0 Å². The lowest BCUT2D eigenvalue weighted by Crippen LogP contribution is -2.15. The highest BCUT2D eigenvalue weighted by atomic mass is 16.1. The molecular formula is C17H16N6O. The number of nitrogens with one attached hydrogen (secondary N) is 1. The Bertz CT molecular complexity index is 1170. The highest BCUT2D eigenvalue weighted by molar-refractivity contribution is 6.01. The van der Waals surface area contributed by atoms with Crippen molar-refractivity contribution in [3.63, 3.8) is 0 Å². The SMILES string of the molecule is CC(C)N=C(N)c1ccc2nc3[nH]c(=O)c4cccnc4n3c2c1. The van der Waals surface area contributed by atoms with Crippen LogP contribution in [-0.2, 0) is 0 Å². The second kappa shape index (κ2) is 5.16. The number of aromatic nitrogens is 4. The monoisotopic (exact) mass is 320 g/mol. The highest BCUT2D eigenvalue weighted by Gasteiger charge is 2.12. The number of fused-ring (bicyclic) bond motifs is 5. The van der Waals surface area contributed by atoms with Crippen LogP contribution < -0.4 is 11.3 Å². The number of pyridine rings is 1. The molecule has 0 spiro atoms. The first-order valence-corrected chi connectivity index (χ1v) is 7.67. The van der Waals surface area contributed by atoms with Gasteiger partial charge in [0.2, 0.25) is 5.78 Å². The molecule has 3 N–H and O–H groups in total. The van der Waals surface area contributed by atoms with Gasteiger partial charge in [-0.3, -0.25) is 19.2 Å². The fourth-order valence-electron chi connectivity index (χ4n) is 2.81. The van der Waals surface area contributed by atoms with Crippen molar-refractivity contribution in [3.05, 3.63) is 52.4 Å². The van der Waals surface area contributed by atoms with Gasteiger partial charge in [-0.15, -0.1) is 0 Å². The van der Waals surface area contributed by atoms with Crippen LogP contribution in [0.25, 0.3) is 27.8 Å². The van der Waals surface area contributed by atoms with Crippen LogP contribution in [0.15, 0.2) is 46.3 Å². The largest absolute Gasteiger partial charge is 0.383 e. The fraction of sp³-hybridized carbons (Fsp3) is 0.176. The van der Waals surface area contributed by atoms with Crippen LogP contribution in [0.1, 0.15) is 19.4 Å². The Kier molecular flexibility index (Phi) is 3.09. The van der Waals surface area contributed by atoms with E-state index < -0.39 is 0 Å². The number of hydrogen-bond donors (Lipinski definition) is 2. The van der Waals surface area contributed by atoms with Crippen LogP contribution in [0.5, 0.6) is 0 Å². The van der Waals surface area contributed by atoms with E-state index in [-0.39, 0.29) is 11.6 Å². The molecule has 0 bridgehead atoms. The molecule has 0 atom stereocenters. The Hall–Kier alpha value is -3.22. The minimum atomic E-state index is -0.206. The third kappa shape index (κ3) is 2.13. The molecule has 0 amide bonds. The number of imidazole rings is 1. The van der Waals surface area contributed by atoms with E-state index in [0.717, 1.165) is 16.6 Å². The molecule has 0 radical (unpaired) electrons. The number of nitrogens with zero attached hydrogens (tertiary/aromatic N) is 4. The average Bonchev–Trinajstić information content (AvgIpc) is 2.91. The lowest BCUT2D eigenvalue weighted by molar-refractivity contribution is 0.834. The lowest BCUT2D eigenvalue weighted by Gasteiger charge is -2.05. The normalized spacial score (nSPS) is 12.7. The van der Waals surface area contributed by atoms with Crippen LogP contribution in [0.3, 0.4) is 0 Å². The number of nitrogens with two attached hydrogens (primary N) is 1. The molecule has 0 aliphatic heterocycles. The van der Waals surface area contributed by atoms with Crippen molar-refractivity contribution in [1.82, 2.24) is 19.4 Å². The Morgan fingerprint density at radius 2 is 2.17 bits per heavy atom. The number of rotatable bonds is 2. The van der Waals surface area contributed by atoms with Gasteiger partial charge in [-0.05, 0) is 44.2 Å². The first-order valence-electron chi connectivity index (χ1n) is 7.67. The zero-order chi connectivity index (χ0) is 16.8. The maximum atomic E-state index is 12.2. The molecule has 0 aliphatic carbocycles. The van der Waals surface area contributed by atoms with Crippen LogP contribution in [0.2, 0.25) is 0 Å². The van der Waals surface area contributed by atoms with E-state index in [0.29, 0.717) is 22.6 Å². The Morgan fingerprint density at radius 1 is 1.33 bits per heavy atom. The number of hydrogen-bond acceptors (Lipinski definition) is 4. The van der Waals surface area contributed by atoms with Gasteiger partial charge in [-0.1, -0.05) is 0 Å². The number of benzene rings is 1. The molecule has 3 aromatic heterocycles. The van der Waals surface area contributed by atoms with Crippen molar-refractivity contribution < 1.29 is 0 Å². The number of H-pyrrole nitrogens is 1. The summed E-state index contributed by atoms with van der Waals surface area (Å²) in [6.07, 6.45) is 1.66. The van der Waals surface area contributed by atoms with Gasteiger partial charge in [0.1, 0.15) is 5.84 Å². The van der Waals surface area contributed by atoms with Gasteiger partial charge >= 0.3 is 0 Å². The van der Waals surface area contributed by atoms with Gasteiger partial charge in [0, 0.05) is 17.8 Å². The molecule has 1 aromatic carbocycles. The van der Waals surface area contributed by atoms with Crippen molar-refractivity contribution in [2.75, 3.05) is 0 Å². The average molecular weight is 320 g/mol. The summed E-state index contributed by atoms with van der Waals surface area (Å²) in [6, 6.07) is 9.26. The minimum absolute atomic E-state index is 0.113. The second-order valence-electron chi connectivity index (χ2n) is 5.91. The summed E-state index contributed by atoms with van der Waals surface area (Å²) in [7, 11) is 0. The molecule has 0 saturated carbocycles. The third-order valence-corrected chi connectivity index (χ3v) is 3.82. The maximum absolute atomic E-state index is 12.2. The summed E-state index contributed by atoms with van der Waals surface area (Å²) in [5.74, 6) is 0.932. The van der Waals surface area contributed by atoms with Gasteiger partial charge < -0.3 is 5.73 Å². The topological polar surface area (TPSA) is 101 Å². The van der Waals surface area contributed by atoms with E-state index in [2.05, 4.69) is 19.9 Å². The smallest absolute Gasteiger partial charge is 0.261 e. The Labute approximate surface area is 136 Å². The molecule has 24 heavy (non-hydrogen) atoms. The lowest BCUT2D eigenvalue weighted by atomic mass is 10.2. The van der Waals surface area contributed by atoms with Gasteiger partial charge in [0.05, 0.1) is 16.4 Å². The predicted octanol–water partition coefficient (Wildman–Crippen LogP) is 1.84. The predicted molar refractivity (Wildman–Crippen MR) is 94.5 cm³/mol. The fourth-order valence-corrected chi connectivity index (χ4v) is 2.81. The zero-order valence-corrected chi connectivity index (χ0v) is 13.3. The molecule has 120 valence electrons. The summed E-state index contributed by atoms with van der Waals surface area (Å²) < 4.78 is 1.83. The molecule has 0 aliphatic rings. The van der Waals surface area contributed by atoms with Gasteiger partial charge in [-0.2, -0.15) is 0 Å². The minimum Gasteiger partial charge on any atom is -0.383 e. The van der Waals surface area contributed by atoms with Crippen molar-refractivity contribution in [2.45, 2.75) is 19.9 Å². The molecule has 0 unspecified atom stereocenters. The molecular weight excluding hydrogens is 304 g/mol. The summed E-state index contributed by atoms with van der Waals surface area (Å²) in [6.45, 7) is 3.95. The highest BCUT2D eigenvalue weighted by Crippen LogP contribution is 2.20. The first kappa shape index (κ1) is 14.4. The van der Waals surface area contributed by atoms with E-state index in [1.54, 1.807) is 18.3 Å². The molecule has 4 rings (SSSR count). The van der Waals surface area contributed by atoms with Crippen LogP contribution >= 0.6 is 0 Å². The molecule has 3 heterocycles. The second-order valence-corrected chi connectivity index (χ2v) is 5.91. The summed E-state index contributed by atoms with van der Waals surface area (Å²) in [5, 5.41) is 0.513. The number of aliphatic imine (C=N–C) groups is 1. The van der Waals surface area contributed by atoms with E-state index in [1.165, 1.54) is 0 Å². The van der Waals surface area contributed by atoms with Gasteiger partial charge in [0.15, 0.2) is 5.65 Å². The quantitative estimate of drug-likeness (QED) is 0.434. The van der Waals surface area contributed by atoms with Crippen molar-refractivity contribution >= 4 is 33.7 Å². The standard InChI is InChI=1S/C17H16N6O/c1-9(2)20-14(18)10-5-6-12-13(8-10)23-15-11(4-3-7-19-15)16(24)22-17(23)21-12/h3-9H,1-2H3,(H2,18,20)(H,21,22,24). The Morgan fingerprint density at radius 3 is 2.96 bits per heavy atom. The number of aromatic amines is 1. The maximum Gasteiger partial charge on any atom is 0.261 e. The van der Waals surface area contributed by atoms with E-state index >= 15 is 0 Å². The summed E-state index contributed by atoms with van der Waals surface area (Å²) in [4.78, 5) is 28.2. The number of amidine groups is 1. The first-order chi connectivity index (χ1) is 11.5. The molecule has 7 heteroatoms. The van der Waals surface area contributed by atoms with E-state index in [1.807, 2.05) is 36.4 Å². The van der Waals surface area contributed by atoms with Crippen molar-refractivity contribution in [2.24, 2.45) is 10.7 Å². The third-order valence-electron chi connectivity index (χ3n) is 3.82. The summed E-state index contributed by atoms with van der Waals surface area (Å²) >= 11 is 0. The summed E-state index contributed by atoms with van der Waals surface area (Å²) in [5.41, 5.74) is 8.83.